The molecule has 212 valence electrons. The highest BCUT2D eigenvalue weighted by Crippen LogP contribution is 2.36. The lowest BCUT2D eigenvalue weighted by Gasteiger charge is -2.38. The normalized spacial score (nSPS) is 14.7. The van der Waals surface area contributed by atoms with E-state index in [1.54, 1.807) is 36.1 Å². The third-order valence-corrected chi connectivity index (χ3v) is 7.30. The Bertz CT molecular complexity index is 1580. The van der Waals surface area contributed by atoms with Gasteiger partial charge in [0.15, 0.2) is 0 Å². The van der Waals surface area contributed by atoms with Gasteiger partial charge in [0.05, 0.1) is 18.2 Å². The first kappa shape index (κ1) is 28.4. The van der Waals surface area contributed by atoms with Crippen molar-refractivity contribution in [3.8, 4) is 17.6 Å². The maximum Gasteiger partial charge on any atom is 0.329 e. The zero-order chi connectivity index (χ0) is 29.5. The molecular weight excluding hydrogens is 528 g/mol. The fourth-order valence-electron chi connectivity index (χ4n) is 5.15. The van der Waals surface area contributed by atoms with Crippen LogP contribution in [0.4, 0.5) is 0 Å². The third-order valence-electron chi connectivity index (χ3n) is 7.30. The number of rotatable bonds is 9. The van der Waals surface area contributed by atoms with Crippen molar-refractivity contribution < 1.29 is 23.8 Å². The van der Waals surface area contributed by atoms with Crippen LogP contribution in [0.5, 0.6) is 11.5 Å². The Labute approximate surface area is 245 Å². The highest BCUT2D eigenvalue weighted by Gasteiger charge is 2.41. The number of esters is 1. The number of carbonyl (C=O) groups excluding carboxylic acids is 2. The molecule has 0 N–H and O–H groups in total. The standard InChI is InChI=1S/C35H32N2O5/c1-3-40-35(39)31-20-30-28(17-14-24(2)32(30)41-23-26-10-6-4-7-11-26)22-37(31)34(38)33(27-12-8-5-9-13-27)42-29-18-15-25(21-36)16-19-29/h4-19,31,33H,3,20,22-23H2,1-2H3/t31-,33-/m0/s1. The highest BCUT2D eigenvalue weighted by atomic mass is 16.5. The first-order valence-electron chi connectivity index (χ1n) is 14.0. The maximum atomic E-state index is 14.3. The summed E-state index contributed by atoms with van der Waals surface area (Å²) in [4.78, 5) is 29.2. The van der Waals surface area contributed by atoms with E-state index in [2.05, 4.69) is 6.07 Å². The molecule has 7 heteroatoms. The van der Waals surface area contributed by atoms with Crippen LogP contribution in [0.25, 0.3) is 0 Å². The summed E-state index contributed by atoms with van der Waals surface area (Å²) in [6.45, 7) is 4.51. The first-order valence-corrected chi connectivity index (χ1v) is 14.0. The Kier molecular flexibility index (Phi) is 8.84. The molecule has 4 aromatic carbocycles. The minimum absolute atomic E-state index is 0.194. The molecule has 1 amide bonds. The Balaban J connectivity index is 1.49. The Morgan fingerprint density at radius 2 is 1.64 bits per heavy atom. The zero-order valence-corrected chi connectivity index (χ0v) is 23.7. The van der Waals surface area contributed by atoms with Crippen molar-refractivity contribution in [3.05, 3.63) is 130 Å². The third kappa shape index (κ3) is 6.29. The van der Waals surface area contributed by atoms with Crippen molar-refractivity contribution in [2.24, 2.45) is 0 Å². The van der Waals surface area contributed by atoms with Gasteiger partial charge in [-0.25, -0.2) is 4.79 Å². The number of ether oxygens (including phenoxy) is 3. The van der Waals surface area contributed by atoms with Gasteiger partial charge < -0.3 is 19.1 Å². The Hall–Kier alpha value is -5.09. The molecule has 5 rings (SSSR count). The Morgan fingerprint density at radius 1 is 0.952 bits per heavy atom. The summed E-state index contributed by atoms with van der Waals surface area (Å²) in [5.41, 5.74) is 4.93. The summed E-state index contributed by atoms with van der Waals surface area (Å²) in [7, 11) is 0. The molecule has 1 aliphatic heterocycles. The van der Waals surface area contributed by atoms with Crippen LogP contribution in [0.3, 0.4) is 0 Å². The molecule has 2 atom stereocenters. The van der Waals surface area contributed by atoms with Crippen LogP contribution < -0.4 is 9.47 Å². The van der Waals surface area contributed by atoms with Gasteiger partial charge in [-0.3, -0.25) is 4.79 Å². The minimum atomic E-state index is -1.02. The van der Waals surface area contributed by atoms with E-state index in [-0.39, 0.29) is 25.5 Å². The van der Waals surface area contributed by atoms with E-state index < -0.39 is 18.1 Å². The maximum absolute atomic E-state index is 14.3. The molecule has 0 aliphatic carbocycles. The monoisotopic (exact) mass is 560 g/mol. The van der Waals surface area contributed by atoms with Crippen molar-refractivity contribution in [3.63, 3.8) is 0 Å². The van der Waals surface area contributed by atoms with Gasteiger partial charge in [-0.2, -0.15) is 5.26 Å². The number of aryl methyl sites for hydroxylation is 1. The summed E-state index contributed by atoms with van der Waals surface area (Å²) in [6, 6.07) is 30.9. The van der Waals surface area contributed by atoms with Crippen molar-refractivity contribution in [1.29, 1.82) is 5.26 Å². The SMILES string of the molecule is CCOC(=O)[C@@H]1Cc2c(ccc(C)c2OCc2ccccc2)CN1C(=O)[C@@H](Oc1ccc(C#N)cc1)c1ccccc1. The highest BCUT2D eigenvalue weighted by molar-refractivity contribution is 5.89. The number of hydrogen-bond acceptors (Lipinski definition) is 6. The lowest BCUT2D eigenvalue weighted by molar-refractivity contribution is -0.158. The van der Waals surface area contributed by atoms with E-state index in [9.17, 15) is 14.9 Å². The molecule has 1 aliphatic rings. The number of hydrogen-bond donors (Lipinski definition) is 0. The molecule has 0 saturated heterocycles. The van der Waals surface area contributed by atoms with Gasteiger partial charge in [0.1, 0.15) is 24.1 Å². The average molecular weight is 561 g/mol. The van der Waals surface area contributed by atoms with E-state index in [1.165, 1.54) is 0 Å². The molecule has 0 bridgehead atoms. The molecule has 0 spiro atoms. The van der Waals surface area contributed by atoms with Crippen LogP contribution in [-0.2, 0) is 33.9 Å². The number of nitriles is 1. The van der Waals surface area contributed by atoms with E-state index in [0.29, 0.717) is 23.5 Å². The lowest BCUT2D eigenvalue weighted by Crippen LogP contribution is -2.51. The molecule has 0 radical (unpaired) electrons. The minimum Gasteiger partial charge on any atom is -0.488 e. The van der Waals surface area contributed by atoms with Crippen LogP contribution in [-0.4, -0.2) is 29.4 Å². The molecule has 0 saturated carbocycles. The molecule has 0 fully saturated rings. The van der Waals surface area contributed by atoms with Crippen LogP contribution in [0.1, 0.15) is 46.4 Å². The Morgan fingerprint density at radius 3 is 2.31 bits per heavy atom. The molecule has 7 nitrogen and oxygen atoms in total. The van der Waals surface area contributed by atoms with E-state index in [0.717, 1.165) is 28.0 Å². The molecular formula is C35H32N2O5. The summed E-state index contributed by atoms with van der Waals surface area (Å²) in [6.07, 6.45) is -0.763. The molecule has 4 aromatic rings. The summed E-state index contributed by atoms with van der Waals surface area (Å²) >= 11 is 0. The largest absolute Gasteiger partial charge is 0.488 e. The average Bonchev–Trinajstić information content (AvgIpc) is 3.03. The second kappa shape index (κ2) is 13.0. The van der Waals surface area contributed by atoms with Crippen LogP contribution in [0, 0.1) is 18.3 Å². The molecule has 42 heavy (non-hydrogen) atoms. The predicted molar refractivity (Wildman–Crippen MR) is 158 cm³/mol. The van der Waals surface area contributed by atoms with Gasteiger partial charge in [-0.1, -0.05) is 72.8 Å². The summed E-state index contributed by atoms with van der Waals surface area (Å²) < 4.78 is 18.0. The van der Waals surface area contributed by atoms with Crippen molar-refractivity contribution in [2.75, 3.05) is 6.61 Å². The van der Waals surface area contributed by atoms with E-state index >= 15 is 0 Å². The number of carbonyl (C=O) groups is 2. The van der Waals surface area contributed by atoms with Gasteiger partial charge in [0, 0.05) is 24.1 Å². The smallest absolute Gasteiger partial charge is 0.329 e. The number of fused-ring (bicyclic) bond motifs is 1. The van der Waals surface area contributed by atoms with Crippen molar-refractivity contribution in [2.45, 2.75) is 45.6 Å². The molecule has 0 aromatic heterocycles. The zero-order valence-electron chi connectivity index (χ0n) is 23.7. The first-order chi connectivity index (χ1) is 20.5. The second-order valence-electron chi connectivity index (χ2n) is 10.1. The van der Waals surface area contributed by atoms with Gasteiger partial charge in [0.25, 0.3) is 5.91 Å². The van der Waals surface area contributed by atoms with Crippen molar-refractivity contribution in [1.82, 2.24) is 4.90 Å². The van der Waals surface area contributed by atoms with Gasteiger partial charge in [0.2, 0.25) is 6.10 Å². The van der Waals surface area contributed by atoms with Gasteiger partial charge >= 0.3 is 5.97 Å². The van der Waals surface area contributed by atoms with E-state index in [1.807, 2.05) is 79.7 Å². The van der Waals surface area contributed by atoms with E-state index in [4.69, 9.17) is 14.2 Å². The fraction of sp³-hybridized carbons (Fsp3) is 0.229. The van der Waals surface area contributed by atoms with Crippen LogP contribution >= 0.6 is 0 Å². The van der Waals surface area contributed by atoms with Crippen LogP contribution in [0.2, 0.25) is 0 Å². The quantitative estimate of drug-likeness (QED) is 0.231. The fourth-order valence-corrected chi connectivity index (χ4v) is 5.15. The molecule has 0 unspecified atom stereocenters. The van der Waals surface area contributed by atoms with Crippen LogP contribution in [0.15, 0.2) is 97.1 Å². The molecule has 1 heterocycles. The summed E-state index contributed by atoms with van der Waals surface area (Å²) in [5, 5.41) is 9.18. The van der Waals surface area contributed by atoms with Crippen molar-refractivity contribution >= 4 is 11.9 Å². The van der Waals surface area contributed by atoms with Gasteiger partial charge in [-0.05, 0) is 54.8 Å². The number of benzene rings is 4. The number of nitrogens with zero attached hydrogens (tertiary/aromatic N) is 2. The van der Waals surface area contributed by atoms with Gasteiger partial charge in [-0.15, -0.1) is 0 Å². The summed E-state index contributed by atoms with van der Waals surface area (Å²) in [5.74, 6) is 0.332. The predicted octanol–water partition coefficient (Wildman–Crippen LogP) is 6.08. The topological polar surface area (TPSA) is 88.9 Å². The second-order valence-corrected chi connectivity index (χ2v) is 10.1. The number of amides is 1. The lowest BCUT2D eigenvalue weighted by atomic mass is 9.90.